The van der Waals surface area contributed by atoms with Crippen molar-refractivity contribution in [3.8, 4) is 0 Å². The molecule has 0 atom stereocenters. The van der Waals surface area contributed by atoms with Crippen LogP contribution in [0.4, 0.5) is 0 Å². The van der Waals surface area contributed by atoms with Gasteiger partial charge in [0.25, 0.3) is 5.56 Å². The van der Waals surface area contributed by atoms with E-state index in [9.17, 15) is 9.59 Å². The number of hydrogen-bond donors (Lipinski definition) is 1. The summed E-state index contributed by atoms with van der Waals surface area (Å²) in [5.74, 6) is 0.760. The second-order valence-corrected chi connectivity index (χ2v) is 9.69. The van der Waals surface area contributed by atoms with E-state index in [1.54, 1.807) is 6.92 Å². The van der Waals surface area contributed by atoms with Gasteiger partial charge >= 0.3 is 5.97 Å². The third-order valence-electron chi connectivity index (χ3n) is 6.11. The van der Waals surface area contributed by atoms with E-state index in [2.05, 4.69) is 57.9 Å². The molecule has 32 heavy (non-hydrogen) atoms. The molecule has 0 saturated carbocycles. The van der Waals surface area contributed by atoms with Crippen molar-refractivity contribution in [1.29, 1.82) is 0 Å². The molecule has 0 aliphatic carbocycles. The monoisotopic (exact) mass is 454 g/mol. The van der Waals surface area contributed by atoms with Gasteiger partial charge in [0.2, 0.25) is 0 Å². The first kappa shape index (κ1) is 22.6. The summed E-state index contributed by atoms with van der Waals surface area (Å²) in [5, 5.41) is 0.479. The van der Waals surface area contributed by atoms with Gasteiger partial charge < -0.3 is 9.72 Å². The Balaban J connectivity index is 1.38. The molecular weight excluding hydrogens is 424 g/mol. The highest BCUT2D eigenvalue weighted by atomic mass is 32.1. The number of benzene rings is 1. The Bertz CT molecular complexity index is 1160. The quantitative estimate of drug-likeness (QED) is 0.574. The zero-order valence-corrected chi connectivity index (χ0v) is 19.9. The highest BCUT2D eigenvalue weighted by Gasteiger charge is 2.22. The number of methoxy groups -OCH3 is 1. The number of rotatable bonds is 6. The minimum absolute atomic E-state index is 0.197. The maximum absolute atomic E-state index is 12.6. The maximum atomic E-state index is 12.6. The number of fused-ring (bicyclic) bond motifs is 1. The van der Waals surface area contributed by atoms with Crippen LogP contribution in [0.5, 0.6) is 0 Å². The van der Waals surface area contributed by atoms with Crippen molar-refractivity contribution in [3.63, 3.8) is 0 Å². The van der Waals surface area contributed by atoms with Crippen LogP contribution < -0.4 is 5.56 Å². The molecular formula is C24H30N4O3S. The lowest BCUT2D eigenvalue weighted by Gasteiger charge is -2.34. The van der Waals surface area contributed by atoms with Gasteiger partial charge in [0.1, 0.15) is 15.5 Å². The van der Waals surface area contributed by atoms with E-state index in [4.69, 9.17) is 4.74 Å². The molecule has 0 bridgehead atoms. The molecule has 1 aliphatic rings. The summed E-state index contributed by atoms with van der Waals surface area (Å²) in [4.78, 5) is 37.9. The Labute approximate surface area is 192 Å². The molecule has 3 aromatic rings. The van der Waals surface area contributed by atoms with Crippen molar-refractivity contribution in [1.82, 2.24) is 19.8 Å². The molecule has 1 N–H and O–H groups in total. The average Bonchev–Trinajstić information content (AvgIpc) is 3.11. The van der Waals surface area contributed by atoms with E-state index in [1.807, 2.05) is 0 Å². The first-order valence-electron chi connectivity index (χ1n) is 11.0. The molecule has 0 unspecified atom stereocenters. The van der Waals surface area contributed by atoms with Crippen molar-refractivity contribution in [3.05, 3.63) is 62.0 Å². The second kappa shape index (κ2) is 9.52. The predicted molar refractivity (Wildman–Crippen MR) is 127 cm³/mol. The highest BCUT2D eigenvalue weighted by Crippen LogP contribution is 2.27. The molecule has 8 heteroatoms. The topological polar surface area (TPSA) is 78.5 Å². The van der Waals surface area contributed by atoms with Gasteiger partial charge in [-0.25, -0.2) is 9.78 Å². The molecule has 1 saturated heterocycles. The number of thiophene rings is 1. The largest absolute Gasteiger partial charge is 0.465 e. The number of nitrogens with zero attached hydrogens (tertiary/aromatic N) is 3. The minimum atomic E-state index is -0.429. The van der Waals surface area contributed by atoms with E-state index in [0.29, 0.717) is 38.9 Å². The van der Waals surface area contributed by atoms with Crippen LogP contribution in [0.3, 0.4) is 0 Å². The maximum Gasteiger partial charge on any atom is 0.348 e. The number of carbonyl (C=O) groups is 1. The van der Waals surface area contributed by atoms with E-state index >= 15 is 0 Å². The Morgan fingerprint density at radius 1 is 1.12 bits per heavy atom. The first-order chi connectivity index (χ1) is 15.4. The summed E-state index contributed by atoms with van der Waals surface area (Å²) in [7, 11) is 1.34. The number of piperazine rings is 1. The summed E-state index contributed by atoms with van der Waals surface area (Å²) in [6, 6.07) is 8.92. The number of carbonyl (C=O) groups excluding carboxylic acids is 1. The van der Waals surface area contributed by atoms with Gasteiger partial charge in [-0.2, -0.15) is 0 Å². The van der Waals surface area contributed by atoms with Crippen molar-refractivity contribution >= 4 is 27.5 Å². The van der Waals surface area contributed by atoms with Crippen molar-refractivity contribution < 1.29 is 9.53 Å². The Hall–Kier alpha value is -2.55. The number of hydrogen-bond acceptors (Lipinski definition) is 7. The Kier molecular flexibility index (Phi) is 6.74. The first-order valence-corrected chi connectivity index (χ1v) is 11.8. The molecule has 1 aliphatic heterocycles. The molecule has 1 aromatic carbocycles. The minimum Gasteiger partial charge on any atom is -0.465 e. The van der Waals surface area contributed by atoms with Gasteiger partial charge in [0.05, 0.1) is 19.0 Å². The third kappa shape index (κ3) is 4.77. The molecule has 170 valence electrons. The fraction of sp³-hybridized carbons (Fsp3) is 0.458. The lowest BCUT2D eigenvalue weighted by atomic mass is 10.0. The summed E-state index contributed by atoms with van der Waals surface area (Å²) in [6.07, 6.45) is 0. The van der Waals surface area contributed by atoms with Gasteiger partial charge in [-0.15, -0.1) is 11.3 Å². The molecule has 0 amide bonds. The number of nitrogens with one attached hydrogen (secondary N) is 1. The predicted octanol–water partition coefficient (Wildman–Crippen LogP) is 3.52. The van der Waals surface area contributed by atoms with Crippen molar-refractivity contribution in [2.75, 3.05) is 33.3 Å². The third-order valence-corrected chi connectivity index (χ3v) is 7.28. The lowest BCUT2D eigenvalue weighted by molar-refractivity contribution is 0.0605. The summed E-state index contributed by atoms with van der Waals surface area (Å²) in [6.45, 7) is 11.5. The summed E-state index contributed by atoms with van der Waals surface area (Å²) >= 11 is 1.22. The van der Waals surface area contributed by atoms with Crippen LogP contribution in [0.1, 0.15) is 52.0 Å². The van der Waals surface area contributed by atoms with E-state index in [1.165, 1.54) is 29.6 Å². The normalized spacial score (nSPS) is 15.5. The smallest absolute Gasteiger partial charge is 0.348 e. The molecule has 2 aromatic heterocycles. The van der Waals surface area contributed by atoms with Crippen molar-refractivity contribution in [2.24, 2.45) is 0 Å². The average molecular weight is 455 g/mol. The highest BCUT2D eigenvalue weighted by molar-refractivity contribution is 7.20. The van der Waals surface area contributed by atoms with Crippen molar-refractivity contribution in [2.45, 2.75) is 39.8 Å². The fourth-order valence-electron chi connectivity index (χ4n) is 4.13. The molecule has 7 nitrogen and oxygen atoms in total. The number of aryl methyl sites for hydroxylation is 1. The zero-order chi connectivity index (χ0) is 22.8. The van der Waals surface area contributed by atoms with Gasteiger partial charge in [-0.1, -0.05) is 38.1 Å². The van der Waals surface area contributed by atoms with Crippen LogP contribution >= 0.6 is 11.3 Å². The van der Waals surface area contributed by atoms with E-state index < -0.39 is 5.97 Å². The molecule has 3 heterocycles. The second-order valence-electron chi connectivity index (χ2n) is 8.69. The SMILES string of the molecule is COC(=O)c1sc2nc(CN3CCN(Cc4ccc(C(C)C)cc4)CC3)[nH]c(=O)c2c1C. The number of aromatic amines is 1. The van der Waals surface area contributed by atoms with E-state index in [0.717, 1.165) is 32.7 Å². The summed E-state index contributed by atoms with van der Waals surface area (Å²) in [5.41, 5.74) is 3.15. The standard InChI is InChI=1S/C24H30N4O3S/c1-15(2)18-7-5-17(6-8-18)13-27-9-11-28(12-10-27)14-19-25-22(29)20-16(3)21(24(30)31-4)32-23(20)26-19/h5-8,15H,9-14H2,1-4H3,(H,25,26,29). The number of aromatic nitrogens is 2. The summed E-state index contributed by atoms with van der Waals surface area (Å²) < 4.78 is 4.83. The Morgan fingerprint density at radius 2 is 1.75 bits per heavy atom. The fourth-order valence-corrected chi connectivity index (χ4v) is 5.25. The van der Waals surface area contributed by atoms with Gasteiger partial charge in [-0.05, 0) is 29.5 Å². The van der Waals surface area contributed by atoms with Gasteiger partial charge in [0, 0.05) is 32.7 Å². The number of H-pyrrole nitrogens is 1. The van der Waals surface area contributed by atoms with Crippen LogP contribution in [-0.2, 0) is 17.8 Å². The molecule has 1 fully saturated rings. The molecule has 0 spiro atoms. The number of ether oxygens (including phenoxy) is 1. The zero-order valence-electron chi connectivity index (χ0n) is 19.1. The van der Waals surface area contributed by atoms with E-state index in [-0.39, 0.29) is 5.56 Å². The number of esters is 1. The van der Waals surface area contributed by atoms with Crippen LogP contribution in [0.15, 0.2) is 29.1 Å². The molecule has 0 radical (unpaired) electrons. The van der Waals surface area contributed by atoms with Crippen LogP contribution in [0, 0.1) is 6.92 Å². The Morgan fingerprint density at radius 3 is 2.34 bits per heavy atom. The molecule has 4 rings (SSSR count). The van der Waals surface area contributed by atoms with Gasteiger partial charge in [-0.3, -0.25) is 14.6 Å². The van der Waals surface area contributed by atoms with Crippen LogP contribution in [0.25, 0.3) is 10.2 Å². The van der Waals surface area contributed by atoms with Gasteiger partial charge in [0.15, 0.2) is 0 Å². The van der Waals surface area contributed by atoms with Crippen LogP contribution in [-0.4, -0.2) is 59.0 Å². The lowest BCUT2D eigenvalue weighted by Crippen LogP contribution is -2.45. The van der Waals surface area contributed by atoms with Crippen LogP contribution in [0.2, 0.25) is 0 Å².